The van der Waals surface area contributed by atoms with Crippen LogP contribution >= 0.6 is 0 Å². The fraction of sp³-hybridized carbons (Fsp3) is 0.667. The first kappa shape index (κ1) is 15.0. The van der Waals surface area contributed by atoms with Crippen LogP contribution in [0.5, 0.6) is 0 Å². The zero-order chi connectivity index (χ0) is 13.3. The molecule has 0 spiro atoms. The summed E-state index contributed by atoms with van der Waals surface area (Å²) in [5.41, 5.74) is 0. The van der Waals surface area contributed by atoms with Gasteiger partial charge in [0.05, 0.1) is 27.6 Å². The average Bonchev–Trinajstić information content (AvgIpc) is 2.36. The Labute approximate surface area is 99.2 Å². The van der Waals surface area contributed by atoms with Gasteiger partial charge in [-0.1, -0.05) is 6.92 Å². The second-order valence-corrected chi connectivity index (χ2v) is 2.94. The van der Waals surface area contributed by atoms with E-state index in [-0.39, 0.29) is 25.7 Å². The molecule has 0 aliphatic carbocycles. The topological polar surface area (TPSA) is 97.0 Å². The van der Waals surface area contributed by atoms with Gasteiger partial charge < -0.3 is 25.0 Å². The maximum Gasteiger partial charge on any atom is 0.408 e. The van der Waals surface area contributed by atoms with Crippen LogP contribution in [0.3, 0.4) is 0 Å². The summed E-state index contributed by atoms with van der Waals surface area (Å²) in [6, 6.07) is 0. The van der Waals surface area contributed by atoms with Crippen LogP contribution in [0.4, 0.5) is 9.59 Å². The number of carbonyl (C=O) groups excluding carboxylic acids is 3. The van der Waals surface area contributed by atoms with Gasteiger partial charge in [-0.2, -0.15) is 0 Å². The molecule has 0 bridgehead atoms. The summed E-state index contributed by atoms with van der Waals surface area (Å²) in [7, 11) is 2.43. The van der Waals surface area contributed by atoms with E-state index in [0.29, 0.717) is 0 Å². The Balaban J connectivity index is 4.19. The summed E-state index contributed by atoms with van der Waals surface area (Å²) in [5.74, 6) is -0.224. The van der Waals surface area contributed by atoms with Crippen LogP contribution in [0.1, 0.15) is 13.3 Å². The first-order valence-electron chi connectivity index (χ1n) is 4.96. The molecule has 8 heteroatoms. The average molecular weight is 247 g/mol. The zero-order valence-electron chi connectivity index (χ0n) is 10.1. The van der Waals surface area contributed by atoms with Gasteiger partial charge in [0, 0.05) is 6.42 Å². The number of nitrogens with zero attached hydrogens (tertiary/aromatic N) is 1. The van der Waals surface area contributed by atoms with Crippen molar-refractivity contribution in [1.82, 2.24) is 15.5 Å². The van der Waals surface area contributed by atoms with Crippen molar-refractivity contribution in [3.63, 3.8) is 0 Å². The molecule has 0 saturated carbocycles. The number of ether oxygens (including phenoxy) is 2. The molecular weight excluding hydrogens is 230 g/mol. The van der Waals surface area contributed by atoms with Crippen molar-refractivity contribution in [2.75, 3.05) is 27.6 Å². The van der Waals surface area contributed by atoms with Crippen LogP contribution in [0.25, 0.3) is 0 Å². The Morgan fingerprint density at radius 1 is 1.00 bits per heavy atom. The van der Waals surface area contributed by atoms with E-state index in [1.165, 1.54) is 19.1 Å². The Morgan fingerprint density at radius 3 is 1.71 bits per heavy atom. The molecule has 0 aromatic rings. The predicted molar refractivity (Wildman–Crippen MR) is 58.0 cm³/mol. The highest BCUT2D eigenvalue weighted by molar-refractivity contribution is 5.77. The minimum Gasteiger partial charge on any atom is -0.453 e. The third-order valence-electron chi connectivity index (χ3n) is 1.85. The second-order valence-electron chi connectivity index (χ2n) is 2.94. The van der Waals surface area contributed by atoms with E-state index in [1.54, 1.807) is 6.92 Å². The van der Waals surface area contributed by atoms with Crippen LogP contribution < -0.4 is 10.6 Å². The van der Waals surface area contributed by atoms with E-state index in [2.05, 4.69) is 20.1 Å². The van der Waals surface area contributed by atoms with Gasteiger partial charge in [-0.15, -0.1) is 0 Å². The van der Waals surface area contributed by atoms with Gasteiger partial charge in [-0.3, -0.25) is 4.79 Å². The van der Waals surface area contributed by atoms with Crippen LogP contribution in [-0.2, 0) is 14.3 Å². The molecule has 0 aromatic carbocycles. The number of alkyl carbamates (subject to hydrolysis) is 2. The quantitative estimate of drug-likeness (QED) is 0.659. The van der Waals surface area contributed by atoms with Crippen LogP contribution in [0.2, 0.25) is 0 Å². The number of carbonyl (C=O) groups is 3. The van der Waals surface area contributed by atoms with E-state index >= 15 is 0 Å². The molecule has 0 unspecified atom stereocenters. The van der Waals surface area contributed by atoms with Crippen LogP contribution in [0, 0.1) is 0 Å². The SMILES string of the molecule is CCC(=O)N(CNC(=O)OC)CNC(=O)OC. The number of hydrogen-bond donors (Lipinski definition) is 2. The summed E-state index contributed by atoms with van der Waals surface area (Å²) < 4.78 is 8.72. The number of methoxy groups -OCH3 is 2. The molecular formula is C9H17N3O5. The van der Waals surface area contributed by atoms with Crippen LogP contribution in [0.15, 0.2) is 0 Å². The molecule has 0 aromatic heterocycles. The second kappa shape index (κ2) is 8.20. The van der Waals surface area contributed by atoms with Crippen molar-refractivity contribution in [3.8, 4) is 0 Å². The molecule has 3 amide bonds. The van der Waals surface area contributed by atoms with E-state index in [4.69, 9.17) is 0 Å². The summed E-state index contributed by atoms with van der Waals surface area (Å²) in [4.78, 5) is 34.4. The monoisotopic (exact) mass is 247 g/mol. The molecule has 17 heavy (non-hydrogen) atoms. The van der Waals surface area contributed by atoms with Gasteiger partial charge in [-0.25, -0.2) is 9.59 Å². The highest BCUT2D eigenvalue weighted by Crippen LogP contribution is 1.91. The van der Waals surface area contributed by atoms with Gasteiger partial charge in [0.15, 0.2) is 0 Å². The summed E-state index contributed by atoms with van der Waals surface area (Å²) in [6.07, 6.45) is -1.06. The fourth-order valence-electron chi connectivity index (χ4n) is 0.920. The standard InChI is InChI=1S/C9H17N3O5/c1-4-7(13)12(5-10-8(14)16-2)6-11-9(15)17-3/h4-6H2,1-3H3,(H,10,14)(H,11,15). The summed E-state index contributed by atoms with van der Waals surface area (Å²) in [6.45, 7) is 1.57. The molecule has 2 N–H and O–H groups in total. The third kappa shape index (κ3) is 6.23. The van der Waals surface area contributed by atoms with E-state index in [9.17, 15) is 14.4 Å². The molecule has 0 radical (unpaired) electrons. The molecule has 0 atom stereocenters. The number of nitrogens with one attached hydrogen (secondary N) is 2. The van der Waals surface area contributed by atoms with E-state index in [0.717, 1.165) is 0 Å². The van der Waals surface area contributed by atoms with E-state index < -0.39 is 12.2 Å². The highest BCUT2D eigenvalue weighted by Gasteiger charge is 2.13. The maximum absolute atomic E-state index is 11.5. The molecule has 0 aliphatic rings. The lowest BCUT2D eigenvalue weighted by molar-refractivity contribution is -0.131. The molecule has 0 fully saturated rings. The van der Waals surface area contributed by atoms with Crippen molar-refractivity contribution in [2.24, 2.45) is 0 Å². The molecule has 8 nitrogen and oxygen atoms in total. The Hall–Kier alpha value is -1.99. The first-order valence-corrected chi connectivity index (χ1v) is 4.96. The summed E-state index contributed by atoms with van der Waals surface area (Å²) in [5, 5.41) is 4.68. The van der Waals surface area contributed by atoms with Gasteiger partial charge in [-0.05, 0) is 0 Å². The van der Waals surface area contributed by atoms with Crippen molar-refractivity contribution in [2.45, 2.75) is 13.3 Å². The number of hydrogen-bond acceptors (Lipinski definition) is 5. The molecule has 0 heterocycles. The van der Waals surface area contributed by atoms with Gasteiger partial charge >= 0.3 is 12.2 Å². The Morgan fingerprint density at radius 2 is 1.41 bits per heavy atom. The fourth-order valence-corrected chi connectivity index (χ4v) is 0.920. The van der Waals surface area contributed by atoms with Crippen molar-refractivity contribution in [1.29, 1.82) is 0 Å². The molecule has 0 aliphatic heterocycles. The Kier molecular flexibility index (Phi) is 7.24. The third-order valence-corrected chi connectivity index (χ3v) is 1.85. The lowest BCUT2D eigenvalue weighted by Gasteiger charge is -2.22. The lowest BCUT2D eigenvalue weighted by Crippen LogP contribution is -2.46. The first-order chi connectivity index (χ1) is 8.04. The number of rotatable bonds is 5. The highest BCUT2D eigenvalue weighted by atomic mass is 16.5. The molecule has 0 saturated heterocycles. The summed E-state index contributed by atoms with van der Waals surface area (Å²) >= 11 is 0. The normalized spacial score (nSPS) is 9.12. The zero-order valence-corrected chi connectivity index (χ0v) is 10.1. The van der Waals surface area contributed by atoms with E-state index in [1.807, 2.05) is 0 Å². The van der Waals surface area contributed by atoms with Gasteiger partial charge in [0.1, 0.15) is 0 Å². The smallest absolute Gasteiger partial charge is 0.408 e. The Bertz CT molecular complexity index is 262. The largest absolute Gasteiger partial charge is 0.453 e. The minimum absolute atomic E-state index is 0.0522. The van der Waals surface area contributed by atoms with Crippen molar-refractivity contribution >= 4 is 18.1 Å². The van der Waals surface area contributed by atoms with Crippen LogP contribution in [-0.4, -0.2) is 50.6 Å². The lowest BCUT2D eigenvalue weighted by atomic mass is 10.4. The minimum atomic E-state index is -0.656. The molecule has 0 rings (SSSR count). The predicted octanol–water partition coefficient (Wildman–Crippen LogP) is -0.148. The number of amides is 3. The van der Waals surface area contributed by atoms with Gasteiger partial charge in [0.2, 0.25) is 5.91 Å². The van der Waals surface area contributed by atoms with Crippen molar-refractivity contribution < 1.29 is 23.9 Å². The van der Waals surface area contributed by atoms with Crippen molar-refractivity contribution in [3.05, 3.63) is 0 Å². The van der Waals surface area contributed by atoms with Gasteiger partial charge in [0.25, 0.3) is 0 Å². The maximum atomic E-state index is 11.5. The molecule has 98 valence electrons.